The first-order valence-corrected chi connectivity index (χ1v) is 7.95. The van der Waals surface area contributed by atoms with Crippen molar-refractivity contribution in [2.24, 2.45) is 0 Å². The predicted octanol–water partition coefficient (Wildman–Crippen LogP) is 3.44. The molecule has 1 aliphatic rings. The van der Waals surface area contributed by atoms with Gasteiger partial charge in [-0.15, -0.1) is 11.3 Å². The Bertz CT molecular complexity index is 734. The molecule has 1 aliphatic heterocycles. The first kappa shape index (κ1) is 14.8. The standard InChI is InChI=1S/C17H17NO3S/c1-11-6-7-14-12(9-11)18(16(20)17(2,3)21-14)10-13(19)15-5-4-8-22-15/h4-9H,10H2,1-3H3. The largest absolute Gasteiger partial charge is 0.476 e. The predicted molar refractivity (Wildman–Crippen MR) is 86.9 cm³/mol. The van der Waals surface area contributed by atoms with Crippen LogP contribution >= 0.6 is 11.3 Å². The number of thiophene rings is 1. The van der Waals surface area contributed by atoms with E-state index in [0.29, 0.717) is 16.3 Å². The lowest BCUT2D eigenvalue weighted by Crippen LogP contribution is -2.53. The van der Waals surface area contributed by atoms with Crippen LogP contribution in [0.15, 0.2) is 35.7 Å². The molecule has 0 N–H and O–H groups in total. The fourth-order valence-electron chi connectivity index (χ4n) is 2.49. The fraction of sp³-hybridized carbons (Fsp3) is 0.294. The van der Waals surface area contributed by atoms with E-state index >= 15 is 0 Å². The maximum atomic E-state index is 12.7. The second-order valence-electron chi connectivity index (χ2n) is 5.88. The molecular formula is C17H17NO3S. The summed E-state index contributed by atoms with van der Waals surface area (Å²) in [5.41, 5.74) is 0.704. The van der Waals surface area contributed by atoms with Gasteiger partial charge in [-0.1, -0.05) is 12.1 Å². The SMILES string of the molecule is Cc1ccc2c(c1)N(CC(=O)c1cccs1)C(=O)C(C)(C)O2. The van der Waals surface area contributed by atoms with E-state index in [1.165, 1.54) is 16.2 Å². The Morgan fingerprint density at radius 2 is 2.09 bits per heavy atom. The van der Waals surface area contributed by atoms with Gasteiger partial charge in [0.05, 0.1) is 17.1 Å². The molecule has 0 saturated heterocycles. The number of carbonyl (C=O) groups excluding carboxylic acids is 2. The number of ketones is 1. The number of rotatable bonds is 3. The third-order valence-electron chi connectivity index (χ3n) is 3.63. The summed E-state index contributed by atoms with van der Waals surface area (Å²) in [4.78, 5) is 27.3. The quantitative estimate of drug-likeness (QED) is 0.815. The maximum Gasteiger partial charge on any atom is 0.271 e. The second kappa shape index (κ2) is 5.25. The molecule has 0 aliphatic carbocycles. The monoisotopic (exact) mass is 315 g/mol. The van der Waals surface area contributed by atoms with Crippen LogP contribution in [0.4, 0.5) is 5.69 Å². The Balaban J connectivity index is 1.99. The van der Waals surface area contributed by atoms with Crippen LogP contribution in [0.1, 0.15) is 29.1 Å². The highest BCUT2D eigenvalue weighted by molar-refractivity contribution is 7.12. The van der Waals surface area contributed by atoms with Crippen LogP contribution in [0.5, 0.6) is 5.75 Å². The van der Waals surface area contributed by atoms with Gasteiger partial charge in [-0.05, 0) is 49.9 Å². The zero-order valence-corrected chi connectivity index (χ0v) is 13.6. The van der Waals surface area contributed by atoms with Crippen LogP contribution in [0.25, 0.3) is 0 Å². The summed E-state index contributed by atoms with van der Waals surface area (Å²) < 4.78 is 5.79. The number of ether oxygens (including phenoxy) is 1. The zero-order valence-electron chi connectivity index (χ0n) is 12.8. The molecule has 0 unspecified atom stereocenters. The Hall–Kier alpha value is -2.14. The van der Waals surface area contributed by atoms with Crippen molar-refractivity contribution in [2.45, 2.75) is 26.4 Å². The van der Waals surface area contributed by atoms with Crippen molar-refractivity contribution in [1.82, 2.24) is 0 Å². The third kappa shape index (κ3) is 2.52. The fourth-order valence-corrected chi connectivity index (χ4v) is 3.15. The number of benzene rings is 1. The molecule has 22 heavy (non-hydrogen) atoms. The highest BCUT2D eigenvalue weighted by Crippen LogP contribution is 2.38. The summed E-state index contributed by atoms with van der Waals surface area (Å²) in [5, 5.41) is 1.86. The van der Waals surface area contributed by atoms with Gasteiger partial charge in [-0.3, -0.25) is 14.5 Å². The summed E-state index contributed by atoms with van der Waals surface area (Å²) in [7, 11) is 0. The number of Topliss-reactive ketones (excluding diaryl/α,β-unsaturated/α-hetero) is 1. The van der Waals surface area contributed by atoms with Crippen molar-refractivity contribution in [3.63, 3.8) is 0 Å². The molecular weight excluding hydrogens is 298 g/mol. The molecule has 0 spiro atoms. The van der Waals surface area contributed by atoms with Gasteiger partial charge in [-0.25, -0.2) is 0 Å². The van der Waals surface area contributed by atoms with Crippen LogP contribution in [0.3, 0.4) is 0 Å². The Morgan fingerprint density at radius 1 is 1.32 bits per heavy atom. The minimum absolute atomic E-state index is 0.0303. The number of hydrogen-bond donors (Lipinski definition) is 0. The molecule has 0 bridgehead atoms. The van der Waals surface area contributed by atoms with E-state index in [2.05, 4.69) is 0 Å². The lowest BCUT2D eigenvalue weighted by molar-refractivity contribution is -0.132. The number of hydrogen-bond acceptors (Lipinski definition) is 4. The Labute approximate surface area is 133 Å². The maximum absolute atomic E-state index is 12.7. The average Bonchev–Trinajstić information content (AvgIpc) is 2.99. The zero-order chi connectivity index (χ0) is 15.9. The Kier molecular flexibility index (Phi) is 3.53. The molecule has 4 nitrogen and oxygen atoms in total. The molecule has 1 aromatic heterocycles. The van der Waals surface area contributed by atoms with E-state index in [4.69, 9.17) is 4.74 Å². The number of anilines is 1. The summed E-state index contributed by atoms with van der Waals surface area (Å²) in [6.07, 6.45) is 0. The molecule has 1 aromatic carbocycles. The molecule has 0 radical (unpaired) electrons. The average molecular weight is 315 g/mol. The first-order chi connectivity index (χ1) is 10.4. The molecule has 2 aromatic rings. The minimum atomic E-state index is -0.974. The van der Waals surface area contributed by atoms with Crippen molar-refractivity contribution in [2.75, 3.05) is 11.4 Å². The smallest absolute Gasteiger partial charge is 0.271 e. The van der Waals surface area contributed by atoms with Crippen LogP contribution in [0.2, 0.25) is 0 Å². The number of carbonyl (C=O) groups is 2. The normalized spacial score (nSPS) is 16.1. The van der Waals surface area contributed by atoms with Crippen molar-refractivity contribution in [3.8, 4) is 5.75 Å². The van der Waals surface area contributed by atoms with Gasteiger partial charge in [0.2, 0.25) is 0 Å². The van der Waals surface area contributed by atoms with E-state index in [9.17, 15) is 9.59 Å². The van der Waals surface area contributed by atoms with Crippen LogP contribution in [-0.2, 0) is 4.79 Å². The summed E-state index contributed by atoms with van der Waals surface area (Å²) >= 11 is 1.39. The lowest BCUT2D eigenvalue weighted by atomic mass is 10.0. The van der Waals surface area contributed by atoms with Gasteiger partial charge in [0, 0.05) is 0 Å². The number of nitrogens with zero attached hydrogens (tertiary/aromatic N) is 1. The van der Waals surface area contributed by atoms with E-state index < -0.39 is 5.60 Å². The molecule has 3 rings (SSSR count). The van der Waals surface area contributed by atoms with E-state index in [1.807, 2.05) is 36.6 Å². The minimum Gasteiger partial charge on any atom is -0.476 e. The van der Waals surface area contributed by atoms with Crippen molar-refractivity contribution in [1.29, 1.82) is 0 Å². The highest BCUT2D eigenvalue weighted by Gasteiger charge is 2.41. The molecule has 114 valence electrons. The Morgan fingerprint density at radius 3 is 2.77 bits per heavy atom. The molecule has 0 saturated carbocycles. The van der Waals surface area contributed by atoms with E-state index in [-0.39, 0.29) is 18.2 Å². The number of fused-ring (bicyclic) bond motifs is 1. The van der Waals surface area contributed by atoms with Crippen molar-refractivity contribution < 1.29 is 14.3 Å². The second-order valence-corrected chi connectivity index (χ2v) is 6.82. The summed E-state index contributed by atoms with van der Waals surface area (Å²) in [6, 6.07) is 9.27. The van der Waals surface area contributed by atoms with Crippen LogP contribution in [-0.4, -0.2) is 23.8 Å². The molecule has 1 amide bonds. The number of amides is 1. The highest BCUT2D eigenvalue weighted by atomic mass is 32.1. The molecule has 0 atom stereocenters. The van der Waals surface area contributed by atoms with Crippen LogP contribution in [0, 0.1) is 6.92 Å². The van der Waals surface area contributed by atoms with E-state index in [1.54, 1.807) is 19.9 Å². The molecule has 0 fully saturated rings. The van der Waals surface area contributed by atoms with Gasteiger partial charge in [-0.2, -0.15) is 0 Å². The third-order valence-corrected chi connectivity index (χ3v) is 4.54. The number of aryl methyl sites for hydroxylation is 1. The van der Waals surface area contributed by atoms with Gasteiger partial charge in [0.25, 0.3) is 5.91 Å². The molecule has 2 heterocycles. The lowest BCUT2D eigenvalue weighted by Gasteiger charge is -2.38. The van der Waals surface area contributed by atoms with Crippen molar-refractivity contribution >= 4 is 28.7 Å². The van der Waals surface area contributed by atoms with Gasteiger partial charge >= 0.3 is 0 Å². The topological polar surface area (TPSA) is 46.6 Å². The first-order valence-electron chi connectivity index (χ1n) is 7.07. The molecule has 5 heteroatoms. The summed E-state index contributed by atoms with van der Waals surface area (Å²) in [5.74, 6) is 0.373. The summed E-state index contributed by atoms with van der Waals surface area (Å²) in [6.45, 7) is 5.42. The van der Waals surface area contributed by atoms with E-state index in [0.717, 1.165) is 5.56 Å². The van der Waals surface area contributed by atoms with Crippen LogP contribution < -0.4 is 9.64 Å². The van der Waals surface area contributed by atoms with Gasteiger partial charge in [0.15, 0.2) is 11.4 Å². The van der Waals surface area contributed by atoms with Gasteiger partial charge in [0.1, 0.15) is 5.75 Å². The van der Waals surface area contributed by atoms with Crippen molar-refractivity contribution in [3.05, 3.63) is 46.2 Å². The van der Waals surface area contributed by atoms with Gasteiger partial charge < -0.3 is 4.74 Å².